The molecule has 0 aromatic carbocycles. The first-order chi connectivity index (χ1) is 9.92. The molecule has 2 fully saturated rings. The molecule has 1 N–H and O–H groups in total. The van der Waals surface area contributed by atoms with Crippen LogP contribution in [0.1, 0.15) is 32.1 Å². The SMILES string of the molecule is CN1C(=O)CN(C23CCC(O)(CC2)C3)c2nc(Cl)ncc21. The van der Waals surface area contributed by atoms with Gasteiger partial charge in [-0.05, 0) is 43.7 Å². The van der Waals surface area contributed by atoms with E-state index in [2.05, 4.69) is 14.9 Å². The predicted octanol–water partition coefficient (Wildman–Crippen LogP) is 1.36. The lowest BCUT2D eigenvalue weighted by atomic mass is 9.90. The minimum absolute atomic E-state index is 0.0186. The Hall–Kier alpha value is -1.40. The van der Waals surface area contributed by atoms with E-state index in [-0.39, 0.29) is 23.3 Å². The summed E-state index contributed by atoms with van der Waals surface area (Å²) in [7, 11) is 1.73. The molecule has 0 saturated heterocycles. The molecule has 2 bridgehead atoms. The van der Waals surface area contributed by atoms with E-state index in [1.165, 1.54) is 0 Å². The zero-order chi connectivity index (χ0) is 14.8. The number of carbonyl (C=O) groups is 1. The van der Waals surface area contributed by atoms with Crippen molar-refractivity contribution in [1.82, 2.24) is 9.97 Å². The summed E-state index contributed by atoms with van der Waals surface area (Å²) < 4.78 is 0. The normalized spacial score (nSPS) is 34.5. The molecule has 21 heavy (non-hydrogen) atoms. The Kier molecular flexibility index (Phi) is 2.58. The van der Waals surface area contributed by atoms with E-state index < -0.39 is 5.60 Å². The summed E-state index contributed by atoms with van der Waals surface area (Å²) in [5.74, 6) is 0.730. The van der Waals surface area contributed by atoms with Gasteiger partial charge in [0.2, 0.25) is 11.2 Å². The largest absolute Gasteiger partial charge is 0.390 e. The summed E-state index contributed by atoms with van der Waals surface area (Å²) in [5, 5.41) is 10.7. The van der Waals surface area contributed by atoms with Crippen molar-refractivity contribution in [3.63, 3.8) is 0 Å². The number of carbonyl (C=O) groups excluding carboxylic acids is 1. The van der Waals surface area contributed by atoms with Gasteiger partial charge in [-0.25, -0.2) is 4.98 Å². The van der Waals surface area contributed by atoms with Crippen LogP contribution < -0.4 is 9.80 Å². The summed E-state index contributed by atoms with van der Waals surface area (Å²) in [6, 6.07) is 0. The van der Waals surface area contributed by atoms with Crippen molar-refractivity contribution < 1.29 is 9.90 Å². The van der Waals surface area contributed by atoms with Crippen molar-refractivity contribution in [2.75, 3.05) is 23.4 Å². The van der Waals surface area contributed by atoms with Crippen molar-refractivity contribution in [3.05, 3.63) is 11.5 Å². The van der Waals surface area contributed by atoms with Crippen LogP contribution in [0.25, 0.3) is 0 Å². The highest BCUT2D eigenvalue weighted by molar-refractivity contribution is 6.28. The van der Waals surface area contributed by atoms with E-state index in [4.69, 9.17) is 11.6 Å². The van der Waals surface area contributed by atoms with Crippen LogP contribution in [0.3, 0.4) is 0 Å². The summed E-state index contributed by atoms with van der Waals surface area (Å²) in [6.07, 6.45) is 5.67. The third-order valence-electron chi connectivity index (χ3n) is 5.35. The average molecular weight is 309 g/mol. The second kappa shape index (κ2) is 4.08. The van der Waals surface area contributed by atoms with E-state index in [1.54, 1.807) is 18.1 Å². The van der Waals surface area contributed by atoms with Gasteiger partial charge in [-0.3, -0.25) is 4.79 Å². The highest BCUT2D eigenvalue weighted by Crippen LogP contribution is 2.55. The number of halogens is 1. The first-order valence-electron chi connectivity index (χ1n) is 7.22. The van der Waals surface area contributed by atoms with Gasteiger partial charge in [0.15, 0.2) is 5.82 Å². The van der Waals surface area contributed by atoms with Gasteiger partial charge in [-0.2, -0.15) is 4.98 Å². The van der Waals surface area contributed by atoms with Crippen LogP contribution in [0.4, 0.5) is 11.5 Å². The lowest BCUT2D eigenvalue weighted by Crippen LogP contribution is -2.54. The van der Waals surface area contributed by atoms with Gasteiger partial charge >= 0.3 is 0 Å². The first kappa shape index (κ1) is 13.3. The quantitative estimate of drug-likeness (QED) is 0.793. The molecule has 2 aliphatic carbocycles. The van der Waals surface area contributed by atoms with Crippen molar-refractivity contribution >= 4 is 29.0 Å². The van der Waals surface area contributed by atoms with Gasteiger partial charge in [0, 0.05) is 12.6 Å². The Morgan fingerprint density at radius 2 is 2.05 bits per heavy atom. The highest BCUT2D eigenvalue weighted by Gasteiger charge is 2.57. The second-order valence-electron chi connectivity index (χ2n) is 6.51. The number of likely N-dealkylation sites (N-methyl/N-ethyl adjacent to an activating group) is 1. The van der Waals surface area contributed by atoms with Gasteiger partial charge in [0.1, 0.15) is 5.69 Å². The fourth-order valence-electron chi connectivity index (χ4n) is 4.14. The van der Waals surface area contributed by atoms with E-state index >= 15 is 0 Å². The van der Waals surface area contributed by atoms with E-state index in [1.807, 2.05) is 0 Å². The third-order valence-corrected chi connectivity index (χ3v) is 5.53. The molecular formula is C14H17ClN4O2. The van der Waals surface area contributed by atoms with Crippen LogP contribution in [0.2, 0.25) is 5.28 Å². The molecule has 0 atom stereocenters. The maximum Gasteiger partial charge on any atom is 0.246 e. The zero-order valence-electron chi connectivity index (χ0n) is 11.8. The smallest absolute Gasteiger partial charge is 0.246 e. The first-order valence-corrected chi connectivity index (χ1v) is 7.60. The van der Waals surface area contributed by atoms with Crippen LogP contribution in [0.15, 0.2) is 6.20 Å². The molecule has 4 rings (SSSR count). The maximum absolute atomic E-state index is 12.3. The van der Waals surface area contributed by atoms with Crippen molar-refractivity contribution in [2.24, 2.45) is 0 Å². The van der Waals surface area contributed by atoms with Gasteiger partial charge < -0.3 is 14.9 Å². The number of aliphatic hydroxyl groups is 1. The topological polar surface area (TPSA) is 69.6 Å². The second-order valence-corrected chi connectivity index (χ2v) is 6.85. The Labute approximate surface area is 127 Å². The summed E-state index contributed by atoms with van der Waals surface area (Å²) in [6.45, 7) is 0.285. The molecule has 3 aliphatic rings. The molecule has 2 saturated carbocycles. The zero-order valence-corrected chi connectivity index (χ0v) is 12.6. The molecule has 1 amide bonds. The molecule has 7 heteroatoms. The number of aromatic nitrogens is 2. The molecule has 2 heterocycles. The van der Waals surface area contributed by atoms with Crippen LogP contribution in [0, 0.1) is 0 Å². The molecule has 6 nitrogen and oxygen atoms in total. The standard InChI is InChI=1S/C14H17ClN4O2/c1-18-9-6-16-12(15)17-11(9)19(7-10(18)20)13-2-4-14(21,8-13)5-3-13/h6,21H,2-5,7-8H2,1H3. The predicted molar refractivity (Wildman–Crippen MR) is 78.6 cm³/mol. The summed E-state index contributed by atoms with van der Waals surface area (Å²) >= 11 is 5.96. The molecule has 1 aromatic rings. The molecule has 0 radical (unpaired) electrons. The highest BCUT2D eigenvalue weighted by atomic mass is 35.5. The van der Waals surface area contributed by atoms with Crippen molar-refractivity contribution in [3.8, 4) is 0 Å². The molecule has 1 aliphatic heterocycles. The Balaban J connectivity index is 1.82. The number of hydrogen-bond acceptors (Lipinski definition) is 5. The summed E-state index contributed by atoms with van der Waals surface area (Å²) in [5.41, 5.74) is -0.0473. The van der Waals surface area contributed by atoms with Crippen molar-refractivity contribution in [1.29, 1.82) is 0 Å². The Morgan fingerprint density at radius 1 is 1.33 bits per heavy atom. The van der Waals surface area contributed by atoms with Crippen LogP contribution >= 0.6 is 11.6 Å². The lowest BCUT2D eigenvalue weighted by molar-refractivity contribution is -0.117. The number of amides is 1. The summed E-state index contributed by atoms with van der Waals surface area (Å²) in [4.78, 5) is 24.3. The number of rotatable bonds is 1. The monoisotopic (exact) mass is 308 g/mol. The van der Waals surface area contributed by atoms with Crippen LogP contribution in [-0.2, 0) is 4.79 Å². The number of nitrogens with zero attached hydrogens (tertiary/aromatic N) is 4. The number of fused-ring (bicyclic) bond motifs is 3. The number of hydrogen-bond donors (Lipinski definition) is 1. The Bertz CT molecular complexity index is 627. The number of anilines is 2. The molecular weight excluding hydrogens is 292 g/mol. The van der Waals surface area contributed by atoms with Crippen LogP contribution in [-0.4, -0.2) is 45.7 Å². The van der Waals surface area contributed by atoms with E-state index in [0.29, 0.717) is 17.9 Å². The van der Waals surface area contributed by atoms with E-state index in [0.717, 1.165) is 25.7 Å². The molecule has 112 valence electrons. The fraction of sp³-hybridized carbons (Fsp3) is 0.643. The lowest BCUT2D eigenvalue weighted by Gasteiger charge is -2.44. The van der Waals surface area contributed by atoms with Crippen molar-refractivity contribution in [2.45, 2.75) is 43.2 Å². The van der Waals surface area contributed by atoms with Crippen LogP contribution in [0.5, 0.6) is 0 Å². The fourth-order valence-corrected chi connectivity index (χ4v) is 4.26. The average Bonchev–Trinajstić information content (AvgIpc) is 2.97. The minimum atomic E-state index is -0.566. The van der Waals surface area contributed by atoms with E-state index in [9.17, 15) is 9.90 Å². The Morgan fingerprint density at radius 3 is 2.67 bits per heavy atom. The maximum atomic E-state index is 12.3. The molecule has 1 aromatic heterocycles. The minimum Gasteiger partial charge on any atom is -0.390 e. The molecule has 0 spiro atoms. The molecule has 0 unspecified atom stereocenters. The third kappa shape index (κ3) is 1.78. The van der Waals surface area contributed by atoms with Gasteiger partial charge in [-0.1, -0.05) is 0 Å². The van der Waals surface area contributed by atoms with Gasteiger partial charge in [0.05, 0.1) is 18.3 Å². The van der Waals surface area contributed by atoms with Gasteiger partial charge in [0.25, 0.3) is 0 Å². The van der Waals surface area contributed by atoms with Gasteiger partial charge in [-0.15, -0.1) is 0 Å².